The van der Waals surface area contributed by atoms with Crippen LogP contribution in [0.5, 0.6) is 0 Å². The number of rotatable bonds is 4. The average molecular weight is 259 g/mol. The molecule has 0 aliphatic rings. The van der Waals surface area contributed by atoms with E-state index in [0.717, 1.165) is 18.1 Å². The Bertz CT molecular complexity index is 358. The standard InChI is InChI=1S/C14H20F3N/c1-9(2)12(10(3)4)7-11-5-6-13(18-8-11)14(15,16)17/h5-6,8-10,12H,7H2,1-4H3. The van der Waals surface area contributed by atoms with Gasteiger partial charge in [-0.2, -0.15) is 13.2 Å². The van der Waals surface area contributed by atoms with Crippen molar-refractivity contribution in [1.82, 2.24) is 4.98 Å². The van der Waals surface area contributed by atoms with Crippen molar-refractivity contribution >= 4 is 0 Å². The number of aromatic nitrogens is 1. The summed E-state index contributed by atoms with van der Waals surface area (Å²) in [7, 11) is 0. The van der Waals surface area contributed by atoms with Crippen LogP contribution in [0.2, 0.25) is 0 Å². The van der Waals surface area contributed by atoms with Gasteiger partial charge in [0.25, 0.3) is 0 Å². The predicted octanol–water partition coefficient (Wildman–Crippen LogP) is 4.57. The van der Waals surface area contributed by atoms with Crippen molar-refractivity contribution in [3.05, 3.63) is 29.6 Å². The Morgan fingerprint density at radius 1 is 1.06 bits per heavy atom. The number of halogens is 3. The Morgan fingerprint density at radius 3 is 1.94 bits per heavy atom. The van der Waals surface area contributed by atoms with Crippen molar-refractivity contribution in [1.29, 1.82) is 0 Å². The Hall–Kier alpha value is -1.06. The fourth-order valence-electron chi connectivity index (χ4n) is 2.23. The van der Waals surface area contributed by atoms with E-state index in [-0.39, 0.29) is 0 Å². The van der Waals surface area contributed by atoms with E-state index >= 15 is 0 Å². The highest BCUT2D eigenvalue weighted by atomic mass is 19.4. The maximum Gasteiger partial charge on any atom is 0.433 e. The third kappa shape index (κ3) is 4.00. The zero-order valence-corrected chi connectivity index (χ0v) is 11.3. The number of hydrogen-bond donors (Lipinski definition) is 0. The summed E-state index contributed by atoms with van der Waals surface area (Å²) >= 11 is 0. The molecule has 1 nitrogen and oxygen atoms in total. The van der Waals surface area contributed by atoms with Crippen LogP contribution in [0.4, 0.5) is 13.2 Å². The van der Waals surface area contributed by atoms with E-state index in [0.29, 0.717) is 17.8 Å². The molecule has 0 atom stereocenters. The van der Waals surface area contributed by atoms with Gasteiger partial charge in [-0.3, -0.25) is 4.98 Å². The normalized spacial score (nSPS) is 12.8. The van der Waals surface area contributed by atoms with Gasteiger partial charge in [-0.05, 0) is 35.8 Å². The van der Waals surface area contributed by atoms with Crippen LogP contribution in [0, 0.1) is 17.8 Å². The molecule has 0 unspecified atom stereocenters. The zero-order chi connectivity index (χ0) is 13.9. The second-order valence-electron chi connectivity index (χ2n) is 5.41. The van der Waals surface area contributed by atoms with Crippen LogP contribution in [0.1, 0.15) is 39.0 Å². The molecule has 18 heavy (non-hydrogen) atoms. The predicted molar refractivity (Wildman–Crippen MR) is 66.1 cm³/mol. The van der Waals surface area contributed by atoms with Gasteiger partial charge in [0, 0.05) is 6.20 Å². The van der Waals surface area contributed by atoms with Crippen molar-refractivity contribution in [2.45, 2.75) is 40.3 Å². The van der Waals surface area contributed by atoms with E-state index in [1.807, 2.05) is 0 Å². The van der Waals surface area contributed by atoms with Gasteiger partial charge in [0.1, 0.15) is 5.69 Å². The van der Waals surface area contributed by atoms with Gasteiger partial charge in [-0.25, -0.2) is 0 Å². The number of nitrogens with zero attached hydrogens (tertiary/aromatic N) is 1. The maximum absolute atomic E-state index is 12.4. The minimum absolute atomic E-state index is 0.462. The molecule has 0 aliphatic carbocycles. The first-order chi connectivity index (χ1) is 8.21. The highest BCUT2D eigenvalue weighted by Gasteiger charge is 2.32. The highest BCUT2D eigenvalue weighted by Crippen LogP contribution is 2.29. The smallest absolute Gasteiger partial charge is 0.252 e. The molecule has 0 fully saturated rings. The summed E-state index contributed by atoms with van der Waals surface area (Å²) in [4.78, 5) is 3.50. The largest absolute Gasteiger partial charge is 0.433 e. The van der Waals surface area contributed by atoms with Crippen molar-refractivity contribution in [3.8, 4) is 0 Å². The second-order valence-corrected chi connectivity index (χ2v) is 5.41. The van der Waals surface area contributed by atoms with Crippen LogP contribution in [0.3, 0.4) is 0 Å². The summed E-state index contributed by atoms with van der Waals surface area (Å²) in [6.07, 6.45) is -2.23. The molecule has 0 saturated heterocycles. The lowest BCUT2D eigenvalue weighted by Crippen LogP contribution is -2.18. The van der Waals surface area contributed by atoms with Gasteiger partial charge >= 0.3 is 6.18 Å². The van der Waals surface area contributed by atoms with E-state index in [1.165, 1.54) is 12.3 Å². The van der Waals surface area contributed by atoms with Gasteiger partial charge in [-0.1, -0.05) is 33.8 Å². The molecule has 0 radical (unpaired) electrons. The zero-order valence-electron chi connectivity index (χ0n) is 11.3. The van der Waals surface area contributed by atoms with Gasteiger partial charge in [0.05, 0.1) is 0 Å². The minimum Gasteiger partial charge on any atom is -0.252 e. The lowest BCUT2D eigenvalue weighted by atomic mass is 9.81. The first kappa shape index (κ1) is 15.0. The van der Waals surface area contributed by atoms with Crippen LogP contribution in [-0.2, 0) is 12.6 Å². The Balaban J connectivity index is 2.80. The quantitative estimate of drug-likeness (QED) is 0.771. The minimum atomic E-state index is -4.35. The summed E-state index contributed by atoms with van der Waals surface area (Å²) in [5.74, 6) is 1.48. The molecule has 1 heterocycles. The lowest BCUT2D eigenvalue weighted by Gasteiger charge is -2.24. The molecule has 1 rings (SSSR count). The molecule has 0 amide bonds. The first-order valence-corrected chi connectivity index (χ1v) is 6.24. The molecule has 0 spiro atoms. The van der Waals surface area contributed by atoms with E-state index in [2.05, 4.69) is 32.7 Å². The topological polar surface area (TPSA) is 12.9 Å². The van der Waals surface area contributed by atoms with Crippen LogP contribution in [0.15, 0.2) is 18.3 Å². The summed E-state index contributed by atoms with van der Waals surface area (Å²) in [6, 6.07) is 2.60. The van der Waals surface area contributed by atoms with Crippen LogP contribution in [0.25, 0.3) is 0 Å². The monoisotopic (exact) mass is 259 g/mol. The molecule has 4 heteroatoms. The fourth-order valence-corrected chi connectivity index (χ4v) is 2.23. The maximum atomic E-state index is 12.4. The Labute approximate surface area is 106 Å². The van der Waals surface area contributed by atoms with Crippen LogP contribution >= 0.6 is 0 Å². The summed E-state index contributed by atoms with van der Waals surface area (Å²) in [5.41, 5.74) is 0.0484. The third-order valence-electron chi connectivity index (χ3n) is 3.30. The van der Waals surface area contributed by atoms with Crippen molar-refractivity contribution in [2.75, 3.05) is 0 Å². The summed E-state index contributed by atoms with van der Waals surface area (Å²) in [5, 5.41) is 0. The number of pyridine rings is 1. The SMILES string of the molecule is CC(C)C(Cc1ccc(C(F)(F)F)nc1)C(C)C. The van der Waals surface area contributed by atoms with Crippen molar-refractivity contribution in [3.63, 3.8) is 0 Å². The fraction of sp³-hybridized carbons (Fsp3) is 0.643. The lowest BCUT2D eigenvalue weighted by molar-refractivity contribution is -0.141. The van der Waals surface area contributed by atoms with E-state index < -0.39 is 11.9 Å². The Kier molecular flexibility index (Phi) is 4.77. The van der Waals surface area contributed by atoms with Gasteiger partial charge < -0.3 is 0 Å². The van der Waals surface area contributed by atoms with Gasteiger partial charge in [0.2, 0.25) is 0 Å². The third-order valence-corrected chi connectivity index (χ3v) is 3.30. The number of hydrogen-bond acceptors (Lipinski definition) is 1. The molecular formula is C14H20F3N. The Morgan fingerprint density at radius 2 is 1.61 bits per heavy atom. The molecule has 0 aliphatic heterocycles. The second kappa shape index (κ2) is 5.72. The van der Waals surface area contributed by atoms with E-state index in [9.17, 15) is 13.2 Å². The van der Waals surface area contributed by atoms with Crippen LogP contribution in [-0.4, -0.2) is 4.98 Å². The molecule has 0 aromatic carbocycles. The van der Waals surface area contributed by atoms with Crippen molar-refractivity contribution < 1.29 is 13.2 Å². The summed E-state index contributed by atoms with van der Waals surface area (Å²) in [6.45, 7) is 8.56. The number of alkyl halides is 3. The first-order valence-electron chi connectivity index (χ1n) is 6.24. The van der Waals surface area contributed by atoms with E-state index in [1.54, 1.807) is 0 Å². The molecule has 102 valence electrons. The molecular weight excluding hydrogens is 239 g/mol. The molecule has 1 aromatic heterocycles. The average Bonchev–Trinajstić information content (AvgIpc) is 2.24. The molecule has 1 aromatic rings. The summed E-state index contributed by atoms with van der Waals surface area (Å²) < 4.78 is 37.1. The highest BCUT2D eigenvalue weighted by molar-refractivity contribution is 5.16. The van der Waals surface area contributed by atoms with Crippen molar-refractivity contribution in [2.24, 2.45) is 17.8 Å². The van der Waals surface area contributed by atoms with E-state index in [4.69, 9.17) is 0 Å². The molecule has 0 saturated carbocycles. The van der Waals surface area contributed by atoms with Crippen LogP contribution < -0.4 is 0 Å². The molecule has 0 bridgehead atoms. The van der Waals surface area contributed by atoms with Gasteiger partial charge in [0.15, 0.2) is 0 Å². The molecule has 0 N–H and O–H groups in total. The van der Waals surface area contributed by atoms with Gasteiger partial charge in [-0.15, -0.1) is 0 Å².